The Morgan fingerprint density at radius 2 is 1.95 bits per heavy atom. The molecule has 0 aliphatic carbocycles. The van der Waals surface area contributed by atoms with E-state index in [4.69, 9.17) is 0 Å². The van der Waals surface area contributed by atoms with Crippen molar-refractivity contribution in [2.75, 3.05) is 11.9 Å². The Morgan fingerprint density at radius 1 is 1.29 bits per heavy atom. The van der Waals surface area contributed by atoms with Crippen LogP contribution in [0, 0.1) is 12.7 Å². The molecule has 1 aromatic carbocycles. The van der Waals surface area contributed by atoms with E-state index in [1.54, 1.807) is 11.3 Å². The molecule has 0 saturated carbocycles. The number of nitrogens with zero attached hydrogens (tertiary/aromatic N) is 2. The smallest absolute Gasteiger partial charge is 0.185 e. The van der Waals surface area contributed by atoms with E-state index in [-0.39, 0.29) is 5.82 Å². The van der Waals surface area contributed by atoms with Crippen LogP contribution in [0.5, 0.6) is 0 Å². The second kappa shape index (κ2) is 7.00. The Bertz CT molecular complexity index is 578. The lowest BCUT2D eigenvalue weighted by Gasteiger charge is -2.15. The lowest BCUT2D eigenvalue weighted by molar-refractivity contribution is 0.591. The van der Waals surface area contributed by atoms with Crippen LogP contribution < -0.4 is 10.2 Å². The molecule has 0 spiro atoms. The van der Waals surface area contributed by atoms with Crippen molar-refractivity contribution < 1.29 is 4.39 Å². The summed E-state index contributed by atoms with van der Waals surface area (Å²) in [5, 5.41) is 4.42. The summed E-state index contributed by atoms with van der Waals surface area (Å²) in [7, 11) is 2.02. The minimum atomic E-state index is -0.200. The second-order valence-corrected chi connectivity index (χ2v) is 6.59. The number of hydrogen-bond donors (Lipinski definition) is 1. The number of rotatable bonds is 6. The number of nitrogens with one attached hydrogen (secondary N) is 1. The van der Waals surface area contributed by atoms with Crippen molar-refractivity contribution in [3.8, 4) is 0 Å². The van der Waals surface area contributed by atoms with Gasteiger partial charge in [0.2, 0.25) is 0 Å². The van der Waals surface area contributed by atoms with Crippen LogP contribution in [0.4, 0.5) is 9.52 Å². The maximum absolute atomic E-state index is 12.9. The summed E-state index contributed by atoms with van der Waals surface area (Å²) in [5.41, 5.74) is 2.16. The molecule has 3 nitrogen and oxygen atoms in total. The molecule has 0 fully saturated rings. The minimum absolute atomic E-state index is 0.200. The van der Waals surface area contributed by atoms with Gasteiger partial charge in [0.05, 0.1) is 5.69 Å². The largest absolute Gasteiger partial charge is 0.347 e. The van der Waals surface area contributed by atoms with Crippen molar-refractivity contribution in [1.82, 2.24) is 10.3 Å². The number of thiazole rings is 1. The molecule has 1 aromatic heterocycles. The van der Waals surface area contributed by atoms with Gasteiger partial charge in [-0.1, -0.05) is 26.0 Å². The second-order valence-electron chi connectivity index (χ2n) is 5.52. The van der Waals surface area contributed by atoms with E-state index in [1.807, 2.05) is 26.1 Å². The van der Waals surface area contributed by atoms with Crippen LogP contribution in [0.2, 0.25) is 0 Å². The molecule has 0 atom stereocenters. The quantitative estimate of drug-likeness (QED) is 0.881. The molecule has 2 aromatic rings. The standard InChI is InChI=1S/C16H22FN3S/c1-11(2)18-9-15-12(3)19-16(21-15)20(4)10-13-5-7-14(17)8-6-13/h5-8,11,18H,9-10H2,1-4H3. The summed E-state index contributed by atoms with van der Waals surface area (Å²) in [6, 6.07) is 7.08. The average Bonchev–Trinajstić information content (AvgIpc) is 2.80. The summed E-state index contributed by atoms with van der Waals surface area (Å²) in [4.78, 5) is 8.00. The molecule has 0 saturated heterocycles. The van der Waals surface area contributed by atoms with Crippen molar-refractivity contribution >= 4 is 16.5 Å². The van der Waals surface area contributed by atoms with Gasteiger partial charge in [0.1, 0.15) is 5.82 Å². The third-order valence-corrected chi connectivity index (χ3v) is 4.48. The van der Waals surface area contributed by atoms with E-state index in [0.29, 0.717) is 6.04 Å². The number of aryl methyl sites for hydroxylation is 1. The number of anilines is 1. The molecule has 0 radical (unpaired) electrons. The minimum Gasteiger partial charge on any atom is -0.347 e. The molecule has 0 aliphatic heterocycles. The highest BCUT2D eigenvalue weighted by Gasteiger charge is 2.12. The normalized spacial score (nSPS) is 11.1. The molecule has 21 heavy (non-hydrogen) atoms. The Morgan fingerprint density at radius 3 is 2.57 bits per heavy atom. The first kappa shape index (κ1) is 15.9. The first-order valence-corrected chi connectivity index (χ1v) is 7.92. The predicted molar refractivity (Wildman–Crippen MR) is 87.3 cm³/mol. The van der Waals surface area contributed by atoms with Crippen molar-refractivity contribution in [2.45, 2.75) is 39.9 Å². The van der Waals surface area contributed by atoms with Crippen LogP contribution in [0.1, 0.15) is 30.0 Å². The van der Waals surface area contributed by atoms with Gasteiger partial charge in [0.25, 0.3) is 0 Å². The van der Waals surface area contributed by atoms with Gasteiger partial charge >= 0.3 is 0 Å². The summed E-state index contributed by atoms with van der Waals surface area (Å²) < 4.78 is 12.9. The van der Waals surface area contributed by atoms with Crippen LogP contribution in [0.3, 0.4) is 0 Å². The van der Waals surface area contributed by atoms with Gasteiger partial charge in [-0.3, -0.25) is 0 Å². The summed E-state index contributed by atoms with van der Waals surface area (Å²) in [6.45, 7) is 7.90. The van der Waals surface area contributed by atoms with Crippen LogP contribution in [-0.2, 0) is 13.1 Å². The first-order chi connectivity index (χ1) is 9.95. The molecule has 0 aliphatic rings. The highest BCUT2D eigenvalue weighted by atomic mass is 32.1. The van der Waals surface area contributed by atoms with Gasteiger partial charge < -0.3 is 10.2 Å². The van der Waals surface area contributed by atoms with E-state index in [9.17, 15) is 4.39 Å². The summed E-state index contributed by atoms with van der Waals surface area (Å²) >= 11 is 1.71. The fourth-order valence-electron chi connectivity index (χ4n) is 1.97. The zero-order chi connectivity index (χ0) is 15.4. The summed E-state index contributed by atoms with van der Waals surface area (Å²) in [6.07, 6.45) is 0. The molecule has 0 amide bonds. The van der Waals surface area contributed by atoms with Crippen LogP contribution in [-0.4, -0.2) is 18.1 Å². The number of aromatic nitrogens is 1. The maximum atomic E-state index is 12.9. The Labute approximate surface area is 129 Å². The topological polar surface area (TPSA) is 28.2 Å². The fraction of sp³-hybridized carbons (Fsp3) is 0.438. The fourth-order valence-corrected chi connectivity index (χ4v) is 2.94. The Hall–Kier alpha value is -1.46. The highest BCUT2D eigenvalue weighted by Crippen LogP contribution is 2.26. The molecular weight excluding hydrogens is 285 g/mol. The Kier molecular flexibility index (Phi) is 5.31. The van der Waals surface area contributed by atoms with Crippen molar-refractivity contribution in [3.05, 3.63) is 46.2 Å². The lowest BCUT2D eigenvalue weighted by atomic mass is 10.2. The van der Waals surface area contributed by atoms with E-state index in [0.717, 1.165) is 29.5 Å². The molecule has 0 bridgehead atoms. The molecule has 2 rings (SSSR count). The van der Waals surface area contributed by atoms with Crippen molar-refractivity contribution in [1.29, 1.82) is 0 Å². The third kappa shape index (κ3) is 4.51. The third-order valence-electron chi connectivity index (χ3n) is 3.21. The van der Waals surface area contributed by atoms with Gasteiger partial charge in [-0.2, -0.15) is 0 Å². The van der Waals surface area contributed by atoms with Gasteiger partial charge in [0, 0.05) is 31.1 Å². The monoisotopic (exact) mass is 307 g/mol. The molecule has 0 unspecified atom stereocenters. The van der Waals surface area contributed by atoms with E-state index in [2.05, 4.69) is 29.0 Å². The van der Waals surface area contributed by atoms with Gasteiger partial charge in [-0.05, 0) is 24.6 Å². The van der Waals surface area contributed by atoms with E-state index >= 15 is 0 Å². The van der Waals surface area contributed by atoms with Crippen molar-refractivity contribution in [3.63, 3.8) is 0 Å². The van der Waals surface area contributed by atoms with Crippen molar-refractivity contribution in [2.24, 2.45) is 0 Å². The molecule has 1 heterocycles. The van der Waals surface area contributed by atoms with Gasteiger partial charge in [-0.15, -0.1) is 11.3 Å². The van der Waals surface area contributed by atoms with Gasteiger partial charge in [-0.25, -0.2) is 9.37 Å². The van der Waals surface area contributed by atoms with Crippen LogP contribution >= 0.6 is 11.3 Å². The van der Waals surface area contributed by atoms with Gasteiger partial charge in [0.15, 0.2) is 5.13 Å². The molecular formula is C16H22FN3S. The molecule has 5 heteroatoms. The zero-order valence-electron chi connectivity index (χ0n) is 13.0. The SMILES string of the molecule is Cc1nc(N(C)Cc2ccc(F)cc2)sc1CNC(C)C. The number of benzene rings is 1. The molecule has 1 N–H and O–H groups in total. The lowest BCUT2D eigenvalue weighted by Crippen LogP contribution is -2.21. The first-order valence-electron chi connectivity index (χ1n) is 7.11. The summed E-state index contributed by atoms with van der Waals surface area (Å²) in [5.74, 6) is -0.200. The van der Waals surface area contributed by atoms with E-state index < -0.39 is 0 Å². The predicted octanol–water partition coefficient (Wildman–Crippen LogP) is 3.73. The van der Waals surface area contributed by atoms with E-state index in [1.165, 1.54) is 17.0 Å². The maximum Gasteiger partial charge on any atom is 0.185 e. The number of hydrogen-bond acceptors (Lipinski definition) is 4. The highest BCUT2D eigenvalue weighted by molar-refractivity contribution is 7.15. The molecule has 114 valence electrons. The van der Waals surface area contributed by atoms with Crippen LogP contribution in [0.15, 0.2) is 24.3 Å². The number of halogens is 1. The Balaban J connectivity index is 2.03. The van der Waals surface area contributed by atoms with Crippen LogP contribution in [0.25, 0.3) is 0 Å². The average molecular weight is 307 g/mol. The zero-order valence-corrected chi connectivity index (χ0v) is 13.8.